The van der Waals surface area contributed by atoms with E-state index in [1.165, 1.54) is 0 Å². The SMILES string of the molecule is CC(C(=O)N(C)c1ccccc1)S(=O)Cc1cccc(Cl)c1. The van der Waals surface area contributed by atoms with Gasteiger partial charge in [0.15, 0.2) is 0 Å². The van der Waals surface area contributed by atoms with Crippen LogP contribution in [0.25, 0.3) is 0 Å². The zero-order valence-electron chi connectivity index (χ0n) is 12.5. The highest BCUT2D eigenvalue weighted by Crippen LogP contribution is 2.17. The van der Waals surface area contributed by atoms with Crippen molar-refractivity contribution in [2.24, 2.45) is 0 Å². The summed E-state index contributed by atoms with van der Waals surface area (Å²) in [6.07, 6.45) is 0. The molecule has 0 N–H and O–H groups in total. The third kappa shape index (κ3) is 4.18. The minimum absolute atomic E-state index is 0.161. The molecule has 0 aromatic heterocycles. The number of benzene rings is 2. The van der Waals surface area contributed by atoms with Gasteiger partial charge in [0.2, 0.25) is 5.91 Å². The lowest BCUT2D eigenvalue weighted by Gasteiger charge is -2.21. The molecule has 0 saturated heterocycles. The first-order chi connectivity index (χ1) is 10.5. The van der Waals surface area contributed by atoms with Gasteiger partial charge in [0.1, 0.15) is 5.25 Å². The van der Waals surface area contributed by atoms with Gasteiger partial charge in [-0.25, -0.2) is 0 Å². The zero-order valence-corrected chi connectivity index (χ0v) is 14.1. The molecule has 3 nitrogen and oxygen atoms in total. The lowest BCUT2D eigenvalue weighted by atomic mass is 10.2. The Morgan fingerprint density at radius 3 is 2.50 bits per heavy atom. The second-order valence-electron chi connectivity index (χ2n) is 5.03. The highest BCUT2D eigenvalue weighted by molar-refractivity contribution is 7.85. The van der Waals surface area contributed by atoms with Crippen molar-refractivity contribution >= 4 is 34.0 Å². The quantitative estimate of drug-likeness (QED) is 0.836. The number of carbonyl (C=O) groups is 1. The van der Waals surface area contributed by atoms with Gasteiger partial charge in [-0.1, -0.05) is 41.9 Å². The van der Waals surface area contributed by atoms with E-state index < -0.39 is 16.0 Å². The van der Waals surface area contributed by atoms with E-state index in [1.54, 1.807) is 31.0 Å². The molecule has 2 aromatic carbocycles. The fourth-order valence-corrected chi connectivity index (χ4v) is 3.43. The lowest BCUT2D eigenvalue weighted by molar-refractivity contribution is -0.117. The van der Waals surface area contributed by atoms with E-state index in [-0.39, 0.29) is 5.91 Å². The van der Waals surface area contributed by atoms with Crippen LogP contribution in [0.15, 0.2) is 54.6 Å². The van der Waals surface area contributed by atoms with Crippen molar-refractivity contribution < 1.29 is 9.00 Å². The van der Waals surface area contributed by atoms with Crippen LogP contribution in [0.2, 0.25) is 5.02 Å². The van der Waals surface area contributed by atoms with Gasteiger partial charge in [-0.05, 0) is 36.8 Å². The number of carbonyl (C=O) groups excluding carboxylic acids is 1. The Hall–Kier alpha value is -1.65. The monoisotopic (exact) mass is 335 g/mol. The van der Waals surface area contributed by atoms with E-state index in [0.717, 1.165) is 11.3 Å². The number of nitrogens with zero attached hydrogens (tertiary/aromatic N) is 1. The average molecular weight is 336 g/mol. The van der Waals surface area contributed by atoms with Gasteiger partial charge in [0.05, 0.1) is 0 Å². The Morgan fingerprint density at radius 1 is 1.18 bits per heavy atom. The van der Waals surface area contributed by atoms with Crippen LogP contribution in [-0.4, -0.2) is 22.4 Å². The molecular formula is C17H18ClNO2S. The first kappa shape index (κ1) is 16.7. The minimum atomic E-state index is -1.30. The summed E-state index contributed by atoms with van der Waals surface area (Å²) in [7, 11) is 0.401. The Labute approximate surface area is 138 Å². The van der Waals surface area contributed by atoms with Crippen LogP contribution in [0.1, 0.15) is 12.5 Å². The van der Waals surface area contributed by atoms with Crippen LogP contribution < -0.4 is 4.90 Å². The van der Waals surface area contributed by atoms with Crippen LogP contribution in [0.5, 0.6) is 0 Å². The number of halogens is 1. The second kappa shape index (κ2) is 7.56. The predicted molar refractivity (Wildman–Crippen MR) is 92.6 cm³/mol. The summed E-state index contributed by atoms with van der Waals surface area (Å²) < 4.78 is 12.4. The van der Waals surface area contributed by atoms with Gasteiger partial charge in [-0.3, -0.25) is 9.00 Å². The lowest BCUT2D eigenvalue weighted by Crippen LogP contribution is -2.37. The molecule has 0 saturated carbocycles. The Morgan fingerprint density at radius 2 is 1.86 bits per heavy atom. The summed E-state index contributed by atoms with van der Waals surface area (Å²) in [4.78, 5) is 14.0. The molecule has 5 heteroatoms. The van der Waals surface area contributed by atoms with E-state index in [2.05, 4.69) is 0 Å². The molecule has 0 aliphatic rings. The summed E-state index contributed by atoms with van der Waals surface area (Å²) >= 11 is 5.93. The molecule has 0 aliphatic carbocycles. The van der Waals surface area contributed by atoms with Gasteiger partial charge >= 0.3 is 0 Å². The zero-order chi connectivity index (χ0) is 16.1. The molecule has 0 fully saturated rings. The van der Waals surface area contributed by atoms with Crippen LogP contribution in [0, 0.1) is 0 Å². The largest absolute Gasteiger partial charge is 0.314 e. The molecule has 0 radical (unpaired) electrons. The van der Waals surface area contributed by atoms with Gasteiger partial charge in [0, 0.05) is 34.3 Å². The van der Waals surface area contributed by atoms with Gasteiger partial charge < -0.3 is 4.90 Å². The van der Waals surface area contributed by atoms with Crippen molar-refractivity contribution in [3.63, 3.8) is 0 Å². The number of anilines is 1. The maximum absolute atomic E-state index is 12.4. The van der Waals surface area contributed by atoms with E-state index in [4.69, 9.17) is 11.6 Å². The van der Waals surface area contributed by atoms with Crippen molar-refractivity contribution in [3.05, 3.63) is 65.2 Å². The molecule has 0 aliphatic heterocycles. The predicted octanol–water partition coefficient (Wildman–Crippen LogP) is 3.64. The number of hydrogen-bond acceptors (Lipinski definition) is 2. The molecule has 116 valence electrons. The summed E-state index contributed by atoms with van der Waals surface area (Å²) in [5.74, 6) is 0.155. The maximum Gasteiger partial charge on any atom is 0.242 e. The first-order valence-electron chi connectivity index (χ1n) is 6.93. The molecule has 22 heavy (non-hydrogen) atoms. The molecule has 1 amide bonds. The summed E-state index contributed by atoms with van der Waals surface area (Å²) in [5, 5.41) is 0.0269. The van der Waals surface area contributed by atoms with Crippen LogP contribution in [-0.2, 0) is 21.3 Å². The molecule has 2 atom stereocenters. The van der Waals surface area contributed by atoms with E-state index >= 15 is 0 Å². The third-order valence-electron chi connectivity index (χ3n) is 3.41. The minimum Gasteiger partial charge on any atom is -0.314 e. The van der Waals surface area contributed by atoms with Crippen molar-refractivity contribution in [1.29, 1.82) is 0 Å². The summed E-state index contributed by atoms with van der Waals surface area (Å²) in [6, 6.07) is 16.6. The van der Waals surface area contributed by atoms with Gasteiger partial charge in [-0.2, -0.15) is 0 Å². The molecule has 2 unspecified atom stereocenters. The molecule has 0 heterocycles. The van der Waals surface area contributed by atoms with Gasteiger partial charge in [0.25, 0.3) is 0 Å². The highest BCUT2D eigenvalue weighted by atomic mass is 35.5. The van der Waals surface area contributed by atoms with Crippen LogP contribution in [0.4, 0.5) is 5.69 Å². The fraction of sp³-hybridized carbons (Fsp3) is 0.235. The Kier molecular flexibility index (Phi) is 5.75. The number of hydrogen-bond donors (Lipinski definition) is 0. The van der Waals surface area contributed by atoms with Crippen molar-refractivity contribution in [2.45, 2.75) is 17.9 Å². The summed E-state index contributed by atoms with van der Waals surface area (Å²) in [6.45, 7) is 1.70. The topological polar surface area (TPSA) is 37.4 Å². The number of amides is 1. The Balaban J connectivity index is 2.05. The molecular weight excluding hydrogens is 318 g/mol. The summed E-state index contributed by atoms with van der Waals surface area (Å²) in [5.41, 5.74) is 1.66. The van der Waals surface area contributed by atoms with E-state index in [1.807, 2.05) is 42.5 Å². The smallest absolute Gasteiger partial charge is 0.242 e. The first-order valence-corrected chi connectivity index (χ1v) is 8.69. The van der Waals surface area contributed by atoms with Crippen LogP contribution >= 0.6 is 11.6 Å². The van der Waals surface area contributed by atoms with Gasteiger partial charge in [-0.15, -0.1) is 0 Å². The molecule has 0 spiro atoms. The van der Waals surface area contributed by atoms with Crippen molar-refractivity contribution in [2.75, 3.05) is 11.9 Å². The fourth-order valence-electron chi connectivity index (χ4n) is 2.08. The number of para-hydroxylation sites is 1. The third-order valence-corrected chi connectivity index (χ3v) is 5.26. The Bertz CT molecular complexity index is 675. The maximum atomic E-state index is 12.4. The highest BCUT2D eigenvalue weighted by Gasteiger charge is 2.24. The molecule has 0 bridgehead atoms. The van der Waals surface area contributed by atoms with E-state index in [9.17, 15) is 9.00 Å². The number of rotatable bonds is 5. The van der Waals surface area contributed by atoms with E-state index in [0.29, 0.717) is 10.8 Å². The molecule has 2 aromatic rings. The molecule has 2 rings (SSSR count). The van der Waals surface area contributed by atoms with Crippen molar-refractivity contribution in [1.82, 2.24) is 0 Å². The van der Waals surface area contributed by atoms with Crippen molar-refractivity contribution in [3.8, 4) is 0 Å². The average Bonchev–Trinajstić information content (AvgIpc) is 2.53. The normalized spacial score (nSPS) is 13.4. The standard InChI is InChI=1S/C17H18ClNO2S/c1-13(17(20)19(2)16-9-4-3-5-10-16)22(21)12-14-7-6-8-15(18)11-14/h3-11,13H,12H2,1-2H3. The second-order valence-corrected chi connectivity index (χ2v) is 7.22. The van der Waals surface area contributed by atoms with Crippen LogP contribution in [0.3, 0.4) is 0 Å².